The van der Waals surface area contributed by atoms with Gasteiger partial charge < -0.3 is 4.90 Å². The maximum atomic E-state index is 9.18. The lowest BCUT2D eigenvalue weighted by molar-refractivity contribution is 0.866. The van der Waals surface area contributed by atoms with Crippen LogP contribution in [0.2, 0.25) is 0 Å². The van der Waals surface area contributed by atoms with Gasteiger partial charge in [-0.05, 0) is 37.6 Å². The second kappa shape index (κ2) is 9.18. The fraction of sp³-hybridized carbons (Fsp3) is 0.200. The molecule has 0 aliphatic carbocycles. The third-order valence-corrected chi connectivity index (χ3v) is 4.76. The van der Waals surface area contributed by atoms with Gasteiger partial charge in [0.15, 0.2) is 0 Å². The molecule has 0 atom stereocenters. The molecule has 0 spiro atoms. The van der Waals surface area contributed by atoms with E-state index in [-0.39, 0.29) is 11.1 Å². The van der Waals surface area contributed by atoms with Crippen LogP contribution in [0.5, 0.6) is 0 Å². The van der Waals surface area contributed by atoms with Crippen molar-refractivity contribution in [2.24, 2.45) is 0 Å². The Morgan fingerprint density at radius 3 is 2.23 bits per heavy atom. The molecule has 6 heteroatoms. The third-order valence-electron chi connectivity index (χ3n) is 3.78. The molecule has 1 aromatic carbocycles. The minimum absolute atomic E-state index is 0.0169. The van der Waals surface area contributed by atoms with Gasteiger partial charge in [-0.25, -0.2) is 4.98 Å². The van der Waals surface area contributed by atoms with Crippen LogP contribution in [-0.4, -0.2) is 18.1 Å². The first-order valence-corrected chi connectivity index (χ1v) is 8.92. The number of nitriles is 3. The van der Waals surface area contributed by atoms with E-state index in [0.717, 1.165) is 23.5 Å². The van der Waals surface area contributed by atoms with E-state index in [1.54, 1.807) is 18.3 Å². The summed E-state index contributed by atoms with van der Waals surface area (Å²) in [5.41, 5.74) is 2.05. The SMILES string of the molecule is CCN(CC)c1ccc(/C=C/c2cnc(C(C#N)=C(C#N)C#N)s2)cc1. The molecule has 0 saturated carbocycles. The zero-order chi connectivity index (χ0) is 18.9. The summed E-state index contributed by atoms with van der Waals surface area (Å²) in [6.07, 6.45) is 5.50. The molecule has 2 aromatic rings. The van der Waals surface area contributed by atoms with E-state index in [9.17, 15) is 5.26 Å². The standard InChI is InChI=1S/C20H17N5S/c1-3-25(4-2)17-8-5-15(6-9-17)7-10-18-14-24-20(26-18)19(13-23)16(11-21)12-22/h5-10,14H,3-4H2,1-2H3/b10-7+. The lowest BCUT2D eigenvalue weighted by Crippen LogP contribution is -2.21. The normalized spacial score (nSPS) is 9.96. The van der Waals surface area contributed by atoms with E-state index in [0.29, 0.717) is 5.01 Å². The van der Waals surface area contributed by atoms with Gasteiger partial charge in [0.05, 0.1) is 0 Å². The van der Waals surface area contributed by atoms with E-state index in [1.165, 1.54) is 17.0 Å². The van der Waals surface area contributed by atoms with Crippen LogP contribution in [0.4, 0.5) is 5.69 Å². The largest absolute Gasteiger partial charge is 0.372 e. The molecule has 0 aliphatic rings. The number of thiazole rings is 1. The Balaban J connectivity index is 2.19. The molecule has 0 aliphatic heterocycles. The van der Waals surface area contributed by atoms with Gasteiger partial charge in [0.1, 0.15) is 34.4 Å². The molecule has 2 rings (SSSR count). The first-order valence-electron chi connectivity index (χ1n) is 8.10. The average molecular weight is 359 g/mol. The van der Waals surface area contributed by atoms with Crippen LogP contribution < -0.4 is 4.90 Å². The lowest BCUT2D eigenvalue weighted by atomic mass is 10.1. The van der Waals surface area contributed by atoms with Crippen molar-refractivity contribution in [1.82, 2.24) is 4.98 Å². The predicted octanol–water partition coefficient (Wildman–Crippen LogP) is 4.48. The maximum absolute atomic E-state index is 9.18. The Hall–Kier alpha value is -3.40. The summed E-state index contributed by atoms with van der Waals surface area (Å²) in [6.45, 7) is 6.20. The fourth-order valence-corrected chi connectivity index (χ4v) is 3.21. The molecular weight excluding hydrogens is 342 g/mol. The first kappa shape index (κ1) is 18.9. The summed E-state index contributed by atoms with van der Waals surface area (Å²) in [6, 6.07) is 13.6. The second-order valence-corrected chi connectivity index (χ2v) is 6.31. The van der Waals surface area contributed by atoms with Gasteiger partial charge in [0.2, 0.25) is 0 Å². The number of hydrogen-bond donors (Lipinski definition) is 0. The van der Waals surface area contributed by atoms with E-state index in [4.69, 9.17) is 10.5 Å². The summed E-state index contributed by atoms with van der Waals surface area (Å²) in [5.74, 6) is 0. The highest BCUT2D eigenvalue weighted by Crippen LogP contribution is 2.25. The molecule has 1 heterocycles. The van der Waals surface area contributed by atoms with Gasteiger partial charge in [-0.3, -0.25) is 0 Å². The summed E-state index contributed by atoms with van der Waals surface area (Å²) in [4.78, 5) is 7.28. The average Bonchev–Trinajstić information content (AvgIpc) is 3.15. The van der Waals surface area contributed by atoms with Crippen LogP contribution in [0, 0.1) is 34.0 Å². The highest BCUT2D eigenvalue weighted by Gasteiger charge is 2.12. The highest BCUT2D eigenvalue weighted by atomic mass is 32.1. The quantitative estimate of drug-likeness (QED) is 0.709. The summed E-state index contributed by atoms with van der Waals surface area (Å²) < 4.78 is 0. The minimum atomic E-state index is -0.218. The summed E-state index contributed by atoms with van der Waals surface area (Å²) in [7, 11) is 0. The Labute approximate surface area is 157 Å². The third kappa shape index (κ3) is 4.36. The molecule has 0 radical (unpaired) electrons. The zero-order valence-electron chi connectivity index (χ0n) is 14.6. The number of hydrogen-bond acceptors (Lipinski definition) is 6. The Morgan fingerprint density at radius 1 is 1.04 bits per heavy atom. The van der Waals surface area contributed by atoms with Gasteiger partial charge >= 0.3 is 0 Å². The smallest absolute Gasteiger partial charge is 0.150 e. The Kier molecular flexibility index (Phi) is 6.68. The van der Waals surface area contributed by atoms with Crippen LogP contribution in [0.15, 0.2) is 36.0 Å². The zero-order valence-corrected chi connectivity index (χ0v) is 15.4. The van der Waals surface area contributed by atoms with Crippen LogP contribution in [0.1, 0.15) is 29.3 Å². The van der Waals surface area contributed by atoms with Crippen molar-refractivity contribution in [2.75, 3.05) is 18.0 Å². The molecular formula is C20H17N5S. The number of rotatable bonds is 6. The van der Waals surface area contributed by atoms with Crippen molar-refractivity contribution in [3.05, 3.63) is 51.5 Å². The Bertz CT molecular complexity index is 926. The summed E-state index contributed by atoms with van der Waals surface area (Å²) in [5, 5.41) is 27.4. The van der Waals surface area contributed by atoms with Crippen molar-refractivity contribution < 1.29 is 0 Å². The van der Waals surface area contributed by atoms with Crippen LogP contribution in [0.3, 0.4) is 0 Å². The van der Waals surface area contributed by atoms with Gasteiger partial charge in [-0.2, -0.15) is 15.8 Å². The van der Waals surface area contributed by atoms with Crippen molar-refractivity contribution in [1.29, 1.82) is 15.8 Å². The molecule has 0 unspecified atom stereocenters. The van der Waals surface area contributed by atoms with Crippen LogP contribution in [0.25, 0.3) is 17.7 Å². The van der Waals surface area contributed by atoms with E-state index in [2.05, 4.69) is 48.0 Å². The molecule has 0 bridgehead atoms. The highest BCUT2D eigenvalue weighted by molar-refractivity contribution is 7.13. The molecule has 128 valence electrons. The minimum Gasteiger partial charge on any atom is -0.372 e. The van der Waals surface area contributed by atoms with Crippen molar-refractivity contribution >= 4 is 34.7 Å². The van der Waals surface area contributed by atoms with Crippen LogP contribution >= 0.6 is 11.3 Å². The van der Waals surface area contributed by atoms with E-state index in [1.807, 2.05) is 18.2 Å². The van der Waals surface area contributed by atoms with Crippen molar-refractivity contribution in [3.8, 4) is 18.2 Å². The summed E-state index contributed by atoms with van der Waals surface area (Å²) >= 11 is 1.27. The monoisotopic (exact) mass is 359 g/mol. The number of allylic oxidation sites excluding steroid dienone is 2. The number of nitrogens with zero attached hydrogens (tertiary/aromatic N) is 5. The molecule has 26 heavy (non-hydrogen) atoms. The Morgan fingerprint density at radius 2 is 1.69 bits per heavy atom. The molecule has 0 fully saturated rings. The van der Waals surface area contributed by atoms with Crippen molar-refractivity contribution in [3.63, 3.8) is 0 Å². The topological polar surface area (TPSA) is 87.5 Å². The molecule has 1 aromatic heterocycles. The van der Waals surface area contributed by atoms with E-state index >= 15 is 0 Å². The molecule has 0 N–H and O–H groups in total. The van der Waals surface area contributed by atoms with Gasteiger partial charge in [-0.15, -0.1) is 11.3 Å². The molecule has 5 nitrogen and oxygen atoms in total. The number of benzene rings is 1. The van der Waals surface area contributed by atoms with Crippen molar-refractivity contribution in [2.45, 2.75) is 13.8 Å². The number of anilines is 1. The maximum Gasteiger partial charge on any atom is 0.150 e. The fourth-order valence-electron chi connectivity index (χ4n) is 2.39. The molecule has 0 saturated heterocycles. The predicted molar refractivity (Wildman–Crippen MR) is 105 cm³/mol. The second-order valence-electron chi connectivity index (χ2n) is 5.25. The van der Waals surface area contributed by atoms with Crippen LogP contribution in [-0.2, 0) is 0 Å². The lowest BCUT2D eigenvalue weighted by Gasteiger charge is -2.20. The number of aromatic nitrogens is 1. The van der Waals surface area contributed by atoms with Gasteiger partial charge in [-0.1, -0.05) is 18.2 Å². The van der Waals surface area contributed by atoms with Gasteiger partial charge in [0, 0.05) is 29.9 Å². The van der Waals surface area contributed by atoms with Gasteiger partial charge in [0.25, 0.3) is 0 Å². The first-order chi connectivity index (χ1) is 12.7. The van der Waals surface area contributed by atoms with E-state index < -0.39 is 0 Å². The molecule has 0 amide bonds.